The third-order valence-corrected chi connectivity index (χ3v) is 4.05. The normalized spacial score (nSPS) is 12.2. The molecule has 1 unspecified atom stereocenters. The molecule has 0 aromatic heterocycles. The van der Waals surface area contributed by atoms with Crippen LogP contribution in [0.25, 0.3) is 0 Å². The van der Waals surface area contributed by atoms with E-state index in [1.807, 2.05) is 0 Å². The summed E-state index contributed by atoms with van der Waals surface area (Å²) >= 11 is 3.47. The van der Waals surface area contributed by atoms with E-state index in [-0.39, 0.29) is 6.04 Å². The molecule has 106 valence electrons. The highest BCUT2D eigenvalue weighted by molar-refractivity contribution is 9.10. The minimum absolute atomic E-state index is 0.0959. The lowest BCUT2D eigenvalue weighted by Gasteiger charge is -2.25. The highest BCUT2D eigenvalue weighted by Crippen LogP contribution is 2.27. The topological polar surface area (TPSA) is 29.3 Å². The zero-order valence-electron chi connectivity index (χ0n) is 12.0. The van der Waals surface area contributed by atoms with E-state index in [1.165, 1.54) is 16.8 Å². The van der Waals surface area contributed by atoms with Gasteiger partial charge in [0, 0.05) is 29.8 Å². The van der Waals surface area contributed by atoms with Gasteiger partial charge in [-0.1, -0.05) is 53.2 Å². The van der Waals surface area contributed by atoms with Gasteiger partial charge in [-0.05, 0) is 35.7 Å². The smallest absolute Gasteiger partial charge is 0.0426 e. The van der Waals surface area contributed by atoms with E-state index in [1.54, 1.807) is 0 Å². The third kappa shape index (κ3) is 3.62. The second kappa shape index (κ2) is 6.91. The van der Waals surface area contributed by atoms with Crippen LogP contribution in [0.15, 0.2) is 53.0 Å². The largest absolute Gasteiger partial charge is 0.370 e. The van der Waals surface area contributed by atoms with Crippen molar-refractivity contribution in [1.82, 2.24) is 0 Å². The van der Waals surface area contributed by atoms with Crippen LogP contribution in [-0.2, 0) is 6.54 Å². The maximum atomic E-state index is 6.21. The predicted octanol–water partition coefficient (Wildman–Crippen LogP) is 4.50. The lowest BCUT2D eigenvalue weighted by atomic mass is 10.0. The summed E-state index contributed by atoms with van der Waals surface area (Å²) in [6.07, 6.45) is 0.948. The summed E-state index contributed by atoms with van der Waals surface area (Å²) in [6.45, 7) is 3.00. The van der Waals surface area contributed by atoms with Crippen molar-refractivity contribution in [3.63, 3.8) is 0 Å². The Kier molecular flexibility index (Phi) is 5.21. The van der Waals surface area contributed by atoms with Gasteiger partial charge in [-0.15, -0.1) is 0 Å². The van der Waals surface area contributed by atoms with Crippen molar-refractivity contribution in [3.05, 3.63) is 64.1 Å². The van der Waals surface area contributed by atoms with Gasteiger partial charge in [-0.2, -0.15) is 0 Å². The van der Waals surface area contributed by atoms with E-state index in [9.17, 15) is 0 Å². The number of rotatable bonds is 5. The molecule has 0 saturated carbocycles. The molecule has 20 heavy (non-hydrogen) atoms. The average Bonchev–Trinajstić information content (AvgIpc) is 2.48. The van der Waals surface area contributed by atoms with E-state index in [0.29, 0.717) is 0 Å². The number of anilines is 1. The van der Waals surface area contributed by atoms with Gasteiger partial charge in [0.05, 0.1) is 0 Å². The van der Waals surface area contributed by atoms with Gasteiger partial charge >= 0.3 is 0 Å². The number of nitrogens with zero attached hydrogens (tertiary/aromatic N) is 1. The van der Waals surface area contributed by atoms with Crippen molar-refractivity contribution in [2.75, 3.05) is 11.9 Å². The lowest BCUT2D eigenvalue weighted by molar-refractivity contribution is 0.694. The first kappa shape index (κ1) is 15.1. The summed E-state index contributed by atoms with van der Waals surface area (Å²) in [7, 11) is 2.11. The highest BCUT2D eigenvalue weighted by atomic mass is 79.9. The Morgan fingerprint density at radius 2 is 1.75 bits per heavy atom. The van der Waals surface area contributed by atoms with Crippen LogP contribution in [0, 0.1) is 0 Å². The maximum Gasteiger partial charge on any atom is 0.0426 e. The molecule has 2 nitrogen and oxygen atoms in total. The number of halogens is 1. The molecule has 0 bridgehead atoms. The molecule has 0 amide bonds. The van der Waals surface area contributed by atoms with Crippen LogP contribution in [0.5, 0.6) is 0 Å². The number of hydrogen-bond donors (Lipinski definition) is 1. The first-order valence-electron chi connectivity index (χ1n) is 6.92. The second-order valence-corrected chi connectivity index (χ2v) is 5.97. The zero-order valence-corrected chi connectivity index (χ0v) is 13.6. The fourth-order valence-corrected chi connectivity index (χ4v) is 2.58. The van der Waals surface area contributed by atoms with Gasteiger partial charge in [-0.25, -0.2) is 0 Å². The standard InChI is InChI=1S/C17H21BrN2/c1-3-16(19)15-6-4-5-7-17(15)20(2)12-13-8-10-14(18)11-9-13/h4-11,16H,3,12,19H2,1-2H3. The molecule has 2 aromatic rings. The van der Waals surface area contributed by atoms with Crippen molar-refractivity contribution in [2.24, 2.45) is 5.73 Å². The SMILES string of the molecule is CCC(N)c1ccccc1N(C)Cc1ccc(Br)cc1. The van der Waals surface area contributed by atoms with Crippen LogP contribution in [0.2, 0.25) is 0 Å². The molecule has 2 rings (SSSR count). The quantitative estimate of drug-likeness (QED) is 0.873. The summed E-state index contributed by atoms with van der Waals surface area (Å²) in [5, 5.41) is 0. The molecule has 0 fully saturated rings. The van der Waals surface area contributed by atoms with Crippen LogP contribution in [0.3, 0.4) is 0 Å². The molecule has 0 saturated heterocycles. The Labute approximate surface area is 129 Å². The Morgan fingerprint density at radius 1 is 1.10 bits per heavy atom. The Bertz CT molecular complexity index is 551. The molecule has 3 heteroatoms. The molecular weight excluding hydrogens is 312 g/mol. The third-order valence-electron chi connectivity index (χ3n) is 3.52. The molecule has 1 atom stereocenters. The average molecular weight is 333 g/mol. The van der Waals surface area contributed by atoms with E-state index >= 15 is 0 Å². The van der Waals surface area contributed by atoms with Gasteiger partial charge in [-0.3, -0.25) is 0 Å². The van der Waals surface area contributed by atoms with Crippen LogP contribution in [-0.4, -0.2) is 7.05 Å². The molecule has 0 aliphatic heterocycles. The molecule has 2 aromatic carbocycles. The summed E-state index contributed by atoms with van der Waals surface area (Å²) in [5.41, 5.74) is 9.93. The van der Waals surface area contributed by atoms with E-state index in [2.05, 4.69) is 83.3 Å². The number of para-hydroxylation sites is 1. The molecule has 0 radical (unpaired) electrons. The van der Waals surface area contributed by atoms with Crippen molar-refractivity contribution in [2.45, 2.75) is 25.9 Å². The number of benzene rings is 2. The molecule has 0 spiro atoms. The second-order valence-electron chi connectivity index (χ2n) is 5.06. The van der Waals surface area contributed by atoms with Crippen LogP contribution < -0.4 is 10.6 Å². The van der Waals surface area contributed by atoms with Crippen molar-refractivity contribution in [1.29, 1.82) is 0 Å². The fraction of sp³-hybridized carbons (Fsp3) is 0.294. The molecular formula is C17H21BrN2. The van der Waals surface area contributed by atoms with Crippen molar-refractivity contribution >= 4 is 21.6 Å². The van der Waals surface area contributed by atoms with Gasteiger partial charge < -0.3 is 10.6 Å². The first-order chi connectivity index (χ1) is 9.61. The van der Waals surface area contributed by atoms with Crippen molar-refractivity contribution in [3.8, 4) is 0 Å². The van der Waals surface area contributed by atoms with Crippen LogP contribution >= 0.6 is 15.9 Å². The summed E-state index contributed by atoms with van der Waals surface area (Å²) in [6, 6.07) is 16.9. The van der Waals surface area contributed by atoms with E-state index < -0.39 is 0 Å². The van der Waals surface area contributed by atoms with Gasteiger partial charge in [0.1, 0.15) is 0 Å². The molecule has 0 heterocycles. The molecule has 2 N–H and O–H groups in total. The summed E-state index contributed by atoms with van der Waals surface area (Å²) in [5.74, 6) is 0. The Hall–Kier alpha value is -1.32. The number of hydrogen-bond acceptors (Lipinski definition) is 2. The Morgan fingerprint density at radius 3 is 2.40 bits per heavy atom. The lowest BCUT2D eigenvalue weighted by Crippen LogP contribution is -2.20. The minimum atomic E-state index is 0.0959. The van der Waals surface area contributed by atoms with E-state index in [4.69, 9.17) is 5.73 Å². The minimum Gasteiger partial charge on any atom is -0.370 e. The maximum absolute atomic E-state index is 6.21. The van der Waals surface area contributed by atoms with Crippen LogP contribution in [0.1, 0.15) is 30.5 Å². The summed E-state index contributed by atoms with van der Waals surface area (Å²) in [4.78, 5) is 2.26. The van der Waals surface area contributed by atoms with Gasteiger partial charge in [0.2, 0.25) is 0 Å². The summed E-state index contributed by atoms with van der Waals surface area (Å²) < 4.78 is 1.11. The predicted molar refractivity (Wildman–Crippen MR) is 89.9 cm³/mol. The molecule has 0 aliphatic rings. The number of nitrogens with two attached hydrogens (primary N) is 1. The fourth-order valence-electron chi connectivity index (χ4n) is 2.32. The van der Waals surface area contributed by atoms with Crippen LogP contribution in [0.4, 0.5) is 5.69 Å². The van der Waals surface area contributed by atoms with E-state index in [0.717, 1.165) is 17.4 Å². The first-order valence-corrected chi connectivity index (χ1v) is 7.71. The Balaban J connectivity index is 2.20. The molecule has 0 aliphatic carbocycles. The van der Waals surface area contributed by atoms with Gasteiger partial charge in [0.15, 0.2) is 0 Å². The van der Waals surface area contributed by atoms with Crippen molar-refractivity contribution < 1.29 is 0 Å². The highest BCUT2D eigenvalue weighted by Gasteiger charge is 2.12. The van der Waals surface area contributed by atoms with Gasteiger partial charge in [0.25, 0.3) is 0 Å². The monoisotopic (exact) mass is 332 g/mol. The zero-order chi connectivity index (χ0) is 14.5.